The van der Waals surface area contributed by atoms with Crippen molar-refractivity contribution in [3.63, 3.8) is 0 Å². The summed E-state index contributed by atoms with van der Waals surface area (Å²) >= 11 is 6.43. The molecule has 0 aliphatic rings. The van der Waals surface area contributed by atoms with E-state index in [2.05, 4.69) is 14.8 Å². The molecule has 1 aromatic carbocycles. The molecule has 4 aromatic rings. The standard InChI is InChI=1S/C19H14ClN5O/c1-10-17-11(2)23-18(13-9-12(21-3)5-6-14(13)20)25(17)19-15(22-10)7-8-16(24-19)26-4/h5-9H,1-2,4H3. The number of methoxy groups -OCH3 is 1. The SMILES string of the molecule is [C-]#[N+]c1ccc(Cl)c(-c2nc(C)c3c(C)nc4ccc(OC)nc4n23)c1. The topological polar surface area (TPSA) is 56.7 Å². The van der Waals surface area contributed by atoms with Crippen molar-refractivity contribution >= 4 is 34.0 Å². The number of aromatic nitrogens is 4. The van der Waals surface area contributed by atoms with Gasteiger partial charge in [-0.3, -0.25) is 4.40 Å². The Labute approximate surface area is 154 Å². The first-order valence-corrected chi connectivity index (χ1v) is 8.29. The Kier molecular flexibility index (Phi) is 3.74. The zero-order chi connectivity index (χ0) is 18.4. The fourth-order valence-corrected chi connectivity index (χ4v) is 3.32. The van der Waals surface area contributed by atoms with Gasteiger partial charge in [-0.2, -0.15) is 4.98 Å². The highest BCUT2D eigenvalue weighted by Crippen LogP contribution is 2.34. The number of pyridine rings is 1. The van der Waals surface area contributed by atoms with Gasteiger partial charge in [-0.15, -0.1) is 0 Å². The first-order chi connectivity index (χ1) is 12.5. The molecule has 26 heavy (non-hydrogen) atoms. The van der Waals surface area contributed by atoms with E-state index in [1.54, 1.807) is 31.4 Å². The number of hydrogen-bond donors (Lipinski definition) is 0. The van der Waals surface area contributed by atoms with Gasteiger partial charge < -0.3 is 4.74 Å². The Hall–Kier alpha value is -3.17. The van der Waals surface area contributed by atoms with Gasteiger partial charge in [0.15, 0.2) is 11.3 Å². The summed E-state index contributed by atoms with van der Waals surface area (Å²) in [6.07, 6.45) is 0. The molecule has 0 radical (unpaired) electrons. The number of benzene rings is 1. The molecular formula is C19H14ClN5O. The highest BCUT2D eigenvalue weighted by Gasteiger charge is 2.19. The first kappa shape index (κ1) is 16.3. The van der Waals surface area contributed by atoms with Crippen molar-refractivity contribution in [1.82, 2.24) is 19.4 Å². The van der Waals surface area contributed by atoms with Crippen LogP contribution in [0.3, 0.4) is 0 Å². The van der Waals surface area contributed by atoms with E-state index in [-0.39, 0.29) is 0 Å². The Balaban J connectivity index is 2.19. The normalized spacial score (nSPS) is 11.0. The van der Waals surface area contributed by atoms with Crippen LogP contribution in [0.1, 0.15) is 11.4 Å². The summed E-state index contributed by atoms with van der Waals surface area (Å²) in [5, 5.41) is 0.523. The molecule has 0 N–H and O–H groups in total. The van der Waals surface area contributed by atoms with Crippen molar-refractivity contribution in [2.75, 3.05) is 7.11 Å². The van der Waals surface area contributed by atoms with Gasteiger partial charge in [-0.1, -0.05) is 23.7 Å². The molecule has 0 spiro atoms. The van der Waals surface area contributed by atoms with Crippen molar-refractivity contribution in [1.29, 1.82) is 0 Å². The van der Waals surface area contributed by atoms with Crippen LogP contribution in [0.5, 0.6) is 5.88 Å². The van der Waals surface area contributed by atoms with E-state index in [1.807, 2.05) is 24.3 Å². The van der Waals surface area contributed by atoms with Gasteiger partial charge in [-0.05, 0) is 26.0 Å². The molecule has 0 saturated heterocycles. The van der Waals surface area contributed by atoms with Gasteiger partial charge in [0.2, 0.25) is 5.88 Å². The van der Waals surface area contributed by atoms with Crippen LogP contribution in [0.25, 0.3) is 32.9 Å². The summed E-state index contributed by atoms with van der Waals surface area (Å²) in [5.41, 5.74) is 5.08. The molecule has 6 nitrogen and oxygen atoms in total. The zero-order valence-electron chi connectivity index (χ0n) is 14.4. The molecule has 0 fully saturated rings. The third kappa shape index (κ3) is 2.37. The van der Waals surface area contributed by atoms with Gasteiger partial charge >= 0.3 is 0 Å². The maximum Gasteiger partial charge on any atom is 0.215 e. The molecule has 0 atom stereocenters. The fraction of sp³-hybridized carbons (Fsp3) is 0.158. The molecule has 0 bridgehead atoms. The average molecular weight is 364 g/mol. The highest BCUT2D eigenvalue weighted by atomic mass is 35.5. The lowest BCUT2D eigenvalue weighted by Crippen LogP contribution is -2.01. The largest absolute Gasteiger partial charge is 0.481 e. The summed E-state index contributed by atoms with van der Waals surface area (Å²) < 4.78 is 7.21. The van der Waals surface area contributed by atoms with Crippen LogP contribution in [0.2, 0.25) is 5.02 Å². The zero-order valence-corrected chi connectivity index (χ0v) is 15.2. The van der Waals surface area contributed by atoms with Gasteiger partial charge in [0.25, 0.3) is 0 Å². The van der Waals surface area contributed by atoms with Crippen molar-refractivity contribution in [3.05, 3.63) is 58.2 Å². The summed E-state index contributed by atoms with van der Waals surface area (Å²) in [4.78, 5) is 17.4. The van der Waals surface area contributed by atoms with Gasteiger partial charge in [0.05, 0.1) is 30.6 Å². The van der Waals surface area contributed by atoms with Crippen molar-refractivity contribution < 1.29 is 4.74 Å². The third-order valence-electron chi connectivity index (χ3n) is 4.25. The molecular weight excluding hydrogens is 350 g/mol. The summed E-state index contributed by atoms with van der Waals surface area (Å²) in [6.45, 7) is 11.1. The minimum Gasteiger partial charge on any atom is -0.481 e. The van der Waals surface area contributed by atoms with Crippen LogP contribution in [-0.4, -0.2) is 26.5 Å². The number of nitrogens with zero attached hydrogens (tertiary/aromatic N) is 5. The van der Waals surface area contributed by atoms with Crippen LogP contribution < -0.4 is 4.74 Å². The number of halogens is 1. The number of rotatable bonds is 2. The van der Waals surface area contributed by atoms with Crippen molar-refractivity contribution in [2.45, 2.75) is 13.8 Å². The number of hydrogen-bond acceptors (Lipinski definition) is 4. The molecule has 3 aromatic heterocycles. The molecule has 0 aliphatic carbocycles. The lowest BCUT2D eigenvalue weighted by Gasteiger charge is -2.10. The average Bonchev–Trinajstić information content (AvgIpc) is 3.00. The van der Waals surface area contributed by atoms with Gasteiger partial charge in [-0.25, -0.2) is 14.8 Å². The number of imidazole rings is 1. The van der Waals surface area contributed by atoms with Crippen molar-refractivity contribution in [2.24, 2.45) is 0 Å². The third-order valence-corrected chi connectivity index (χ3v) is 4.58. The fourth-order valence-electron chi connectivity index (χ4n) is 3.12. The molecule has 0 unspecified atom stereocenters. The van der Waals surface area contributed by atoms with Crippen LogP contribution in [-0.2, 0) is 0 Å². The monoisotopic (exact) mass is 363 g/mol. The second kappa shape index (κ2) is 5.97. The first-order valence-electron chi connectivity index (χ1n) is 7.91. The summed E-state index contributed by atoms with van der Waals surface area (Å²) in [6, 6.07) is 8.78. The molecule has 3 heterocycles. The Morgan fingerprint density at radius 2 is 1.85 bits per heavy atom. The smallest absolute Gasteiger partial charge is 0.215 e. The maximum absolute atomic E-state index is 7.28. The minimum absolute atomic E-state index is 0.489. The van der Waals surface area contributed by atoms with E-state index in [4.69, 9.17) is 27.9 Å². The van der Waals surface area contributed by atoms with E-state index in [1.165, 1.54) is 0 Å². The predicted octanol–water partition coefficient (Wildman–Crippen LogP) is 4.77. The quantitative estimate of drug-likeness (QED) is 0.481. The predicted molar refractivity (Wildman–Crippen MR) is 101 cm³/mol. The number of ether oxygens (including phenoxy) is 1. The molecule has 4 rings (SSSR count). The molecule has 128 valence electrons. The lowest BCUT2D eigenvalue weighted by atomic mass is 10.2. The van der Waals surface area contributed by atoms with E-state index in [0.29, 0.717) is 33.6 Å². The van der Waals surface area contributed by atoms with E-state index in [0.717, 1.165) is 22.4 Å². The molecule has 0 saturated carbocycles. The van der Waals surface area contributed by atoms with E-state index < -0.39 is 0 Å². The number of aryl methyl sites for hydroxylation is 2. The van der Waals surface area contributed by atoms with Crippen LogP contribution in [0.4, 0.5) is 5.69 Å². The second-order valence-corrected chi connectivity index (χ2v) is 6.28. The van der Waals surface area contributed by atoms with E-state index in [9.17, 15) is 0 Å². The second-order valence-electron chi connectivity index (χ2n) is 5.87. The summed E-state index contributed by atoms with van der Waals surface area (Å²) in [5.74, 6) is 1.12. The minimum atomic E-state index is 0.489. The van der Waals surface area contributed by atoms with Crippen molar-refractivity contribution in [3.8, 4) is 17.3 Å². The van der Waals surface area contributed by atoms with Gasteiger partial charge in [0.1, 0.15) is 11.3 Å². The summed E-state index contributed by atoms with van der Waals surface area (Å²) in [7, 11) is 1.57. The Morgan fingerprint density at radius 1 is 1.08 bits per heavy atom. The van der Waals surface area contributed by atoms with Gasteiger partial charge in [0, 0.05) is 16.7 Å². The Morgan fingerprint density at radius 3 is 2.58 bits per heavy atom. The molecule has 7 heteroatoms. The maximum atomic E-state index is 7.28. The molecule has 0 aliphatic heterocycles. The van der Waals surface area contributed by atoms with Crippen LogP contribution in [0.15, 0.2) is 30.3 Å². The lowest BCUT2D eigenvalue weighted by molar-refractivity contribution is 0.399. The van der Waals surface area contributed by atoms with Crippen LogP contribution >= 0.6 is 11.6 Å². The Bertz CT molecular complexity index is 1220. The molecule has 0 amide bonds. The number of fused-ring (bicyclic) bond motifs is 3. The highest BCUT2D eigenvalue weighted by molar-refractivity contribution is 6.33. The van der Waals surface area contributed by atoms with Crippen LogP contribution in [0, 0.1) is 20.4 Å². The van der Waals surface area contributed by atoms with E-state index >= 15 is 0 Å².